The Labute approximate surface area is 195 Å². The smallest absolute Gasteiger partial charge is 0.282 e. The number of carbonyl (C=O) groups is 2. The van der Waals surface area contributed by atoms with E-state index in [-0.39, 0.29) is 22.0 Å². The zero-order valence-corrected chi connectivity index (χ0v) is 20.4. The molecule has 0 spiro atoms. The van der Waals surface area contributed by atoms with E-state index in [1.165, 1.54) is 40.7 Å². The van der Waals surface area contributed by atoms with Crippen LogP contribution in [0, 0.1) is 6.92 Å². The van der Waals surface area contributed by atoms with Crippen LogP contribution in [0.4, 0.5) is 4.79 Å². The molecule has 1 aliphatic heterocycles. The molecule has 166 valence electrons. The first-order chi connectivity index (χ1) is 15.0. The van der Waals surface area contributed by atoms with Gasteiger partial charge in [0.2, 0.25) is 0 Å². The van der Waals surface area contributed by atoms with Crippen molar-refractivity contribution in [3.05, 3.63) is 75.7 Å². The standard InChI is InChI=1S/C28H31NO2S/c1-7-8-19-10-9-18(15-24-25(30)29-26(31)32-24)14-21(19)20-16-23-22(13-17(20)2)27(3,4)11-12-28(23,5)6/h7,9-10,13-16H,1,8,11-12H2,2-6H3,(H,29,30,31)/b24-15-. The topological polar surface area (TPSA) is 46.2 Å². The predicted molar refractivity (Wildman–Crippen MR) is 135 cm³/mol. The molecule has 4 heteroatoms. The summed E-state index contributed by atoms with van der Waals surface area (Å²) >= 11 is 0.951. The van der Waals surface area contributed by atoms with Crippen molar-refractivity contribution in [3.63, 3.8) is 0 Å². The van der Waals surface area contributed by atoms with Crippen LogP contribution in [0.5, 0.6) is 0 Å². The van der Waals surface area contributed by atoms with E-state index in [1.54, 1.807) is 6.08 Å². The van der Waals surface area contributed by atoms with Crippen LogP contribution in [0.2, 0.25) is 0 Å². The van der Waals surface area contributed by atoms with Gasteiger partial charge in [-0.1, -0.05) is 58.0 Å². The molecule has 0 atom stereocenters. The second-order valence-corrected chi connectivity index (χ2v) is 11.3. The van der Waals surface area contributed by atoms with Crippen LogP contribution in [0.3, 0.4) is 0 Å². The van der Waals surface area contributed by atoms with Crippen LogP contribution in [-0.4, -0.2) is 11.1 Å². The van der Waals surface area contributed by atoms with E-state index in [9.17, 15) is 9.59 Å². The summed E-state index contributed by atoms with van der Waals surface area (Å²) in [6.07, 6.45) is 6.85. The van der Waals surface area contributed by atoms with Gasteiger partial charge in [-0.3, -0.25) is 14.9 Å². The van der Waals surface area contributed by atoms with Gasteiger partial charge in [-0.25, -0.2) is 0 Å². The summed E-state index contributed by atoms with van der Waals surface area (Å²) in [5.41, 5.74) is 8.95. The maximum atomic E-state index is 12.0. The molecule has 0 unspecified atom stereocenters. The fourth-order valence-electron chi connectivity index (χ4n) is 4.85. The van der Waals surface area contributed by atoms with Crippen LogP contribution < -0.4 is 5.32 Å². The lowest BCUT2D eigenvalue weighted by Crippen LogP contribution is -2.34. The van der Waals surface area contributed by atoms with Gasteiger partial charge in [0.1, 0.15) is 0 Å². The Bertz CT molecular complexity index is 1170. The van der Waals surface area contributed by atoms with Crippen molar-refractivity contribution < 1.29 is 9.59 Å². The second-order valence-electron chi connectivity index (χ2n) is 10.2. The lowest BCUT2D eigenvalue weighted by atomic mass is 9.62. The summed E-state index contributed by atoms with van der Waals surface area (Å²) < 4.78 is 0. The van der Waals surface area contributed by atoms with Gasteiger partial charge in [-0.05, 0) is 99.9 Å². The van der Waals surface area contributed by atoms with E-state index in [0.717, 1.165) is 29.3 Å². The normalized spacial score (nSPS) is 20.2. The Balaban J connectivity index is 1.89. The molecular weight excluding hydrogens is 414 g/mol. The van der Waals surface area contributed by atoms with Crippen molar-refractivity contribution in [2.45, 2.75) is 64.7 Å². The number of hydrogen-bond donors (Lipinski definition) is 1. The number of benzene rings is 2. The van der Waals surface area contributed by atoms with Gasteiger partial charge in [0.05, 0.1) is 4.91 Å². The molecule has 1 N–H and O–H groups in total. The molecule has 1 heterocycles. The Morgan fingerprint density at radius 3 is 2.25 bits per heavy atom. The SMILES string of the molecule is C=CCc1ccc(/C=C2\SC(=O)NC2=O)cc1-c1cc2c(cc1C)C(C)(C)CCC2(C)C. The van der Waals surface area contributed by atoms with Crippen molar-refractivity contribution in [1.29, 1.82) is 0 Å². The van der Waals surface area contributed by atoms with Gasteiger partial charge in [0.15, 0.2) is 0 Å². The highest BCUT2D eigenvalue weighted by atomic mass is 32.2. The molecule has 1 aliphatic carbocycles. The molecule has 2 aromatic carbocycles. The lowest BCUT2D eigenvalue weighted by Gasteiger charge is -2.42. The number of allylic oxidation sites excluding steroid dienone is 1. The van der Waals surface area contributed by atoms with Crippen molar-refractivity contribution >= 4 is 29.0 Å². The molecule has 2 aromatic rings. The van der Waals surface area contributed by atoms with Gasteiger partial charge in [0.25, 0.3) is 11.1 Å². The van der Waals surface area contributed by atoms with Gasteiger partial charge in [-0.15, -0.1) is 6.58 Å². The van der Waals surface area contributed by atoms with Crippen LogP contribution >= 0.6 is 11.8 Å². The van der Waals surface area contributed by atoms with E-state index in [0.29, 0.717) is 4.91 Å². The summed E-state index contributed by atoms with van der Waals surface area (Å²) in [4.78, 5) is 24.0. The maximum Gasteiger partial charge on any atom is 0.290 e. The average Bonchev–Trinajstić information content (AvgIpc) is 3.03. The van der Waals surface area contributed by atoms with E-state index in [4.69, 9.17) is 0 Å². The quantitative estimate of drug-likeness (QED) is 0.405. The molecule has 0 aromatic heterocycles. The summed E-state index contributed by atoms with van der Waals surface area (Å²) in [6.45, 7) is 15.5. The average molecular weight is 446 g/mol. The first kappa shape index (κ1) is 22.6. The number of carbonyl (C=O) groups excluding carboxylic acids is 2. The Morgan fingerprint density at radius 2 is 1.66 bits per heavy atom. The number of aryl methyl sites for hydroxylation is 1. The van der Waals surface area contributed by atoms with E-state index < -0.39 is 0 Å². The molecule has 32 heavy (non-hydrogen) atoms. The minimum atomic E-state index is -0.328. The Morgan fingerprint density at radius 1 is 1.00 bits per heavy atom. The number of amides is 2. The van der Waals surface area contributed by atoms with E-state index in [2.05, 4.69) is 70.8 Å². The summed E-state index contributed by atoms with van der Waals surface area (Å²) in [7, 11) is 0. The molecule has 1 fully saturated rings. The minimum Gasteiger partial charge on any atom is -0.282 e. The molecule has 0 saturated carbocycles. The second kappa shape index (κ2) is 8.08. The van der Waals surface area contributed by atoms with Crippen molar-refractivity contribution in [2.75, 3.05) is 0 Å². The van der Waals surface area contributed by atoms with Gasteiger partial charge in [0, 0.05) is 0 Å². The van der Waals surface area contributed by atoms with Gasteiger partial charge >= 0.3 is 0 Å². The van der Waals surface area contributed by atoms with Gasteiger partial charge < -0.3 is 0 Å². The van der Waals surface area contributed by atoms with Gasteiger partial charge in [-0.2, -0.15) is 0 Å². The number of rotatable bonds is 4. The summed E-state index contributed by atoms with van der Waals surface area (Å²) in [5, 5.41) is 2.01. The molecule has 0 bridgehead atoms. The number of hydrogen-bond acceptors (Lipinski definition) is 3. The summed E-state index contributed by atoms with van der Waals surface area (Å²) in [6, 6.07) is 11.0. The number of fused-ring (bicyclic) bond motifs is 1. The van der Waals surface area contributed by atoms with Crippen LogP contribution in [0.25, 0.3) is 17.2 Å². The highest BCUT2D eigenvalue weighted by Gasteiger charge is 2.37. The van der Waals surface area contributed by atoms with Crippen LogP contribution in [-0.2, 0) is 22.0 Å². The lowest BCUT2D eigenvalue weighted by molar-refractivity contribution is -0.115. The molecule has 4 rings (SSSR count). The molecule has 2 aliphatic rings. The Kier molecular flexibility index (Phi) is 5.70. The zero-order valence-electron chi connectivity index (χ0n) is 19.6. The monoisotopic (exact) mass is 445 g/mol. The molecule has 0 radical (unpaired) electrons. The number of nitrogens with one attached hydrogen (secondary N) is 1. The third-order valence-electron chi connectivity index (χ3n) is 6.93. The van der Waals surface area contributed by atoms with Crippen molar-refractivity contribution in [2.24, 2.45) is 0 Å². The largest absolute Gasteiger partial charge is 0.290 e. The van der Waals surface area contributed by atoms with Crippen molar-refractivity contribution in [3.8, 4) is 11.1 Å². The number of imide groups is 1. The van der Waals surface area contributed by atoms with Crippen LogP contribution in [0.1, 0.15) is 68.4 Å². The highest BCUT2D eigenvalue weighted by molar-refractivity contribution is 8.18. The molecule has 1 saturated heterocycles. The minimum absolute atomic E-state index is 0.129. The first-order valence-electron chi connectivity index (χ1n) is 11.2. The van der Waals surface area contributed by atoms with Crippen molar-refractivity contribution in [1.82, 2.24) is 5.32 Å². The number of thioether (sulfide) groups is 1. The third-order valence-corrected chi connectivity index (χ3v) is 7.74. The fraction of sp³-hybridized carbons (Fsp3) is 0.357. The maximum absolute atomic E-state index is 12.0. The van der Waals surface area contributed by atoms with E-state index >= 15 is 0 Å². The molecule has 3 nitrogen and oxygen atoms in total. The predicted octanol–water partition coefficient (Wildman–Crippen LogP) is 7.06. The molecule has 2 amide bonds. The van der Waals surface area contributed by atoms with Crippen LogP contribution in [0.15, 0.2) is 47.9 Å². The fourth-order valence-corrected chi connectivity index (χ4v) is 5.53. The highest BCUT2D eigenvalue weighted by Crippen LogP contribution is 2.48. The third kappa shape index (κ3) is 4.09. The summed E-state index contributed by atoms with van der Waals surface area (Å²) in [5.74, 6) is -0.328. The first-order valence-corrected chi connectivity index (χ1v) is 12.0. The molecular formula is C28H31NO2S. The van der Waals surface area contributed by atoms with E-state index in [1.807, 2.05) is 12.1 Å². The zero-order chi connectivity index (χ0) is 23.3. The Hall–Kier alpha value is -2.59.